The number of hydrogen-bond donors (Lipinski definition) is 0. The molecule has 3 heterocycles. The molecule has 374 valence electrons. The van der Waals surface area contributed by atoms with Crippen LogP contribution in [0.5, 0.6) is 0 Å². The van der Waals surface area contributed by atoms with Crippen LogP contribution in [-0.4, -0.2) is 24.1 Å². The van der Waals surface area contributed by atoms with Gasteiger partial charge in [0, 0.05) is 66.2 Å². The number of hydrogen-bond acceptors (Lipinski definition) is 10. The van der Waals surface area contributed by atoms with Gasteiger partial charge in [0.15, 0.2) is 17.5 Å². The third-order valence-electron chi connectivity index (χ3n) is 14.8. The van der Waals surface area contributed by atoms with Crippen molar-refractivity contribution in [1.29, 1.82) is 36.8 Å². The van der Waals surface area contributed by atoms with E-state index in [9.17, 15) is 36.8 Å². The Hall–Kier alpha value is -12.8. The zero-order valence-corrected chi connectivity index (χ0v) is 43.0. The van der Waals surface area contributed by atoms with E-state index >= 15 is 0 Å². The summed E-state index contributed by atoms with van der Waals surface area (Å²) in [6.45, 7) is 0. The van der Waals surface area contributed by atoms with Crippen LogP contribution in [0.4, 0.5) is 0 Å². The summed E-state index contributed by atoms with van der Waals surface area (Å²) in [5, 5.41) is 75.4. The maximum Gasteiger partial charge on any atom is 0.164 e. The summed E-state index contributed by atoms with van der Waals surface area (Å²) in [7, 11) is 0. The number of fused-ring (bicyclic) bond motifs is 6. The lowest BCUT2D eigenvalue weighted by atomic mass is 9.92. The lowest BCUT2D eigenvalue weighted by Crippen LogP contribution is -2.03. The van der Waals surface area contributed by atoms with E-state index in [1.165, 1.54) is 24.3 Å². The highest BCUT2D eigenvalue weighted by atomic mass is 15.0. The van der Waals surface area contributed by atoms with Gasteiger partial charge in [-0.1, -0.05) is 109 Å². The molecule has 0 fully saturated rings. The average Bonchev–Trinajstić information content (AvgIpc) is 3.56. The van der Waals surface area contributed by atoms with Crippen molar-refractivity contribution in [3.8, 4) is 121 Å². The predicted octanol–water partition coefficient (Wildman–Crippen LogP) is 15.2. The summed E-state index contributed by atoms with van der Waals surface area (Å²) in [6, 6.07) is 80.4. The van der Waals surface area contributed by atoms with Gasteiger partial charge in [-0.2, -0.15) is 36.8 Å². The molecule has 12 nitrogen and oxygen atoms in total. The van der Waals surface area contributed by atoms with E-state index in [-0.39, 0.29) is 33.4 Å². The van der Waals surface area contributed by atoms with Gasteiger partial charge in [0.05, 0.1) is 109 Å². The van der Waals surface area contributed by atoms with Gasteiger partial charge in [-0.05, 0) is 108 Å². The number of aromatic nitrogens is 5. The normalized spacial score (nSPS) is 10.8. The molecular formula is C70H34N12. The van der Waals surface area contributed by atoms with Crippen LogP contribution in [0.1, 0.15) is 38.9 Å². The van der Waals surface area contributed by atoms with Crippen molar-refractivity contribution in [1.82, 2.24) is 24.1 Å². The standard InChI is InChI=1S/C70H34N12/c71-35-42-27-50(38-74)66(51(28-42)39-75)46-20-24-63-58(31-46)55-15-7-9-17-61(55)81(63)54-23-19-49(37-73)57(34-54)60-33-48(70-79-68(44-11-3-1-4-12-44)78-69(80-70)45-13-5-2-6-14-45)22-26-65(60)82-62-18-10-8-16-56(62)59-32-47(21-25-64(59)82)67-52(40-76)29-43(36-72)30-53(67)41-77/h1-34H. The molecule has 0 radical (unpaired) electrons. The lowest BCUT2D eigenvalue weighted by molar-refractivity contribution is 1.07. The molecule has 0 bridgehead atoms. The smallest absolute Gasteiger partial charge is 0.164 e. The molecule has 0 aliphatic carbocycles. The highest BCUT2D eigenvalue weighted by Gasteiger charge is 2.24. The van der Waals surface area contributed by atoms with Crippen molar-refractivity contribution in [3.05, 3.63) is 245 Å². The second kappa shape index (κ2) is 20.0. The van der Waals surface area contributed by atoms with E-state index in [4.69, 9.17) is 15.0 Å². The predicted molar refractivity (Wildman–Crippen MR) is 314 cm³/mol. The molecule has 0 saturated carbocycles. The zero-order valence-electron chi connectivity index (χ0n) is 43.0. The fourth-order valence-electron chi connectivity index (χ4n) is 11.2. The molecule has 0 atom stereocenters. The van der Waals surface area contributed by atoms with Crippen molar-refractivity contribution >= 4 is 43.6 Å². The van der Waals surface area contributed by atoms with Gasteiger partial charge in [0.2, 0.25) is 0 Å². The SMILES string of the molecule is N#Cc1cc(C#N)c(-c2ccc3c(c2)c2ccccc2n3-c2ccc(C#N)c(-c3cc(-c4nc(-c5ccccc5)nc(-c5ccccc5)n4)ccc3-n3c4ccccc4c4cc(-c5c(C#N)cc(C#N)cc5C#N)ccc43)c2)c(C#N)c1. The van der Waals surface area contributed by atoms with Crippen LogP contribution in [0.2, 0.25) is 0 Å². The first kappa shape index (κ1) is 48.9. The minimum atomic E-state index is 0.209. The molecule has 0 N–H and O–H groups in total. The molecule has 0 aliphatic heterocycles. The van der Waals surface area contributed by atoms with Crippen LogP contribution in [0, 0.1) is 79.3 Å². The van der Waals surface area contributed by atoms with Crippen molar-refractivity contribution in [2.24, 2.45) is 0 Å². The van der Waals surface area contributed by atoms with Gasteiger partial charge in [-0.3, -0.25) is 0 Å². The second-order valence-corrected chi connectivity index (χ2v) is 19.3. The Morgan fingerprint density at radius 1 is 0.280 bits per heavy atom. The Morgan fingerprint density at radius 3 is 1.17 bits per heavy atom. The molecular weight excluding hydrogens is 1010 g/mol. The van der Waals surface area contributed by atoms with Gasteiger partial charge in [0.25, 0.3) is 0 Å². The number of nitriles is 7. The molecule has 0 spiro atoms. The first-order chi connectivity index (χ1) is 40.3. The molecule has 10 aromatic carbocycles. The van der Waals surface area contributed by atoms with Crippen molar-refractivity contribution in [2.75, 3.05) is 0 Å². The van der Waals surface area contributed by atoms with E-state index < -0.39 is 0 Å². The quantitative estimate of drug-likeness (QED) is 0.140. The fourth-order valence-corrected chi connectivity index (χ4v) is 11.2. The maximum absolute atomic E-state index is 11.2. The summed E-state index contributed by atoms with van der Waals surface area (Å²) >= 11 is 0. The van der Waals surface area contributed by atoms with E-state index in [2.05, 4.69) is 51.6 Å². The number of benzene rings is 10. The molecule has 13 rings (SSSR count). The number of nitrogens with zero attached hydrogens (tertiary/aromatic N) is 12. The summed E-state index contributed by atoms with van der Waals surface area (Å²) < 4.78 is 4.29. The summed E-state index contributed by atoms with van der Waals surface area (Å²) in [5.74, 6) is 1.37. The Labute approximate surface area is 468 Å². The molecule has 82 heavy (non-hydrogen) atoms. The topological polar surface area (TPSA) is 215 Å². The third kappa shape index (κ3) is 8.07. The lowest BCUT2D eigenvalue weighted by Gasteiger charge is -2.18. The number of rotatable bonds is 8. The molecule has 13 aromatic rings. The van der Waals surface area contributed by atoms with Crippen LogP contribution in [0.3, 0.4) is 0 Å². The highest BCUT2D eigenvalue weighted by Crippen LogP contribution is 2.43. The maximum atomic E-state index is 11.2. The van der Waals surface area contributed by atoms with E-state index in [0.29, 0.717) is 62.0 Å². The van der Waals surface area contributed by atoms with Crippen molar-refractivity contribution in [2.45, 2.75) is 0 Å². The largest absolute Gasteiger partial charge is 0.309 e. The monoisotopic (exact) mass is 1040 g/mol. The van der Waals surface area contributed by atoms with E-state index in [0.717, 1.165) is 66.1 Å². The first-order valence-electron chi connectivity index (χ1n) is 25.7. The molecule has 12 heteroatoms. The second-order valence-electron chi connectivity index (χ2n) is 19.3. The van der Waals surface area contributed by atoms with Crippen LogP contribution in [0.15, 0.2) is 206 Å². The Bertz CT molecular complexity index is 5070. The van der Waals surface area contributed by atoms with Crippen LogP contribution in [0.25, 0.3) is 123 Å². The van der Waals surface area contributed by atoms with Crippen LogP contribution < -0.4 is 0 Å². The third-order valence-corrected chi connectivity index (χ3v) is 14.8. The summed E-state index contributed by atoms with van der Waals surface area (Å²) in [6.07, 6.45) is 0. The molecule has 0 saturated heterocycles. The van der Waals surface area contributed by atoms with Gasteiger partial charge < -0.3 is 9.13 Å². The van der Waals surface area contributed by atoms with Gasteiger partial charge in [0.1, 0.15) is 0 Å². The molecule has 0 aliphatic rings. The minimum Gasteiger partial charge on any atom is -0.309 e. The molecule has 3 aromatic heterocycles. The Balaban J connectivity index is 1.07. The van der Waals surface area contributed by atoms with Crippen molar-refractivity contribution < 1.29 is 0 Å². The summed E-state index contributed by atoms with van der Waals surface area (Å²) in [5.41, 5.74) is 12.2. The van der Waals surface area contributed by atoms with Gasteiger partial charge >= 0.3 is 0 Å². The van der Waals surface area contributed by atoms with Crippen LogP contribution in [-0.2, 0) is 0 Å². The van der Waals surface area contributed by atoms with Crippen molar-refractivity contribution in [3.63, 3.8) is 0 Å². The molecule has 0 unspecified atom stereocenters. The minimum absolute atomic E-state index is 0.209. The van der Waals surface area contributed by atoms with Gasteiger partial charge in [-0.25, -0.2) is 15.0 Å². The fraction of sp³-hybridized carbons (Fsp3) is 0. The highest BCUT2D eigenvalue weighted by molar-refractivity contribution is 6.12. The summed E-state index contributed by atoms with van der Waals surface area (Å²) in [4.78, 5) is 15.2. The molecule has 0 amide bonds. The zero-order chi connectivity index (χ0) is 56.0. The van der Waals surface area contributed by atoms with Crippen LogP contribution >= 0.6 is 0 Å². The number of para-hydroxylation sites is 2. The Morgan fingerprint density at radius 2 is 0.695 bits per heavy atom. The Kier molecular flexibility index (Phi) is 11.9. The van der Waals surface area contributed by atoms with E-state index in [1.807, 2.05) is 182 Å². The average molecular weight is 1040 g/mol. The van der Waals surface area contributed by atoms with E-state index in [1.54, 1.807) is 0 Å². The first-order valence-corrected chi connectivity index (χ1v) is 25.7. The van der Waals surface area contributed by atoms with Gasteiger partial charge in [-0.15, -0.1) is 0 Å².